The van der Waals surface area contributed by atoms with Crippen LogP contribution in [-0.2, 0) is 34.3 Å². The van der Waals surface area contributed by atoms with Crippen LogP contribution in [0.25, 0.3) is 0 Å². The molecule has 0 heterocycles. The minimum atomic E-state index is -5.30. The van der Waals surface area contributed by atoms with Crippen molar-refractivity contribution in [1.29, 1.82) is 0 Å². The number of hydrogen-bond donors (Lipinski definition) is 2. The van der Waals surface area contributed by atoms with Gasteiger partial charge in [-0.25, -0.2) is 40.2 Å². The third-order valence-corrected chi connectivity index (χ3v) is 7.00. The molecule has 0 fully saturated rings. The highest BCUT2D eigenvalue weighted by Gasteiger charge is 2.37. The van der Waals surface area contributed by atoms with Crippen molar-refractivity contribution in [2.75, 3.05) is 0 Å². The van der Waals surface area contributed by atoms with Gasteiger partial charge >= 0.3 is 0 Å². The van der Waals surface area contributed by atoms with Gasteiger partial charge in [-0.3, -0.25) is 10.0 Å². The number of nitrogens with zero attached hydrogens (tertiary/aromatic N) is 1. The molecule has 0 aliphatic carbocycles. The quantitative estimate of drug-likeness (QED) is 0.141. The van der Waals surface area contributed by atoms with Crippen LogP contribution in [0.3, 0.4) is 0 Å². The largest absolute Gasteiger partial charge is 0.289 e. The van der Waals surface area contributed by atoms with Crippen LogP contribution in [0.5, 0.6) is 0 Å². The summed E-state index contributed by atoms with van der Waals surface area (Å²) in [4.78, 5) is 9.16. The number of amides is 1. The van der Waals surface area contributed by atoms with E-state index in [0.717, 1.165) is 12.1 Å². The number of carbonyl (C=O) groups excluding carboxylic acids is 1. The zero-order valence-electron chi connectivity index (χ0n) is 18.2. The average Bonchev–Trinajstić information content (AvgIpc) is 2.86. The lowest BCUT2D eigenvalue weighted by Gasteiger charge is -2.23. The Morgan fingerprint density at radius 1 is 0.722 bits per heavy atom. The maximum absolute atomic E-state index is 14.4. The summed E-state index contributed by atoms with van der Waals surface area (Å²) < 4.78 is 110. The summed E-state index contributed by atoms with van der Waals surface area (Å²) >= 11 is 0. The lowest BCUT2D eigenvalue weighted by molar-refractivity contribution is -0.129. The zero-order valence-corrected chi connectivity index (χ0v) is 19.1. The van der Waals surface area contributed by atoms with Crippen LogP contribution in [0.15, 0.2) is 53.4 Å². The topological polar surface area (TPSA) is 86.7 Å². The van der Waals surface area contributed by atoms with Gasteiger partial charge in [0.15, 0.2) is 28.2 Å². The molecule has 0 bridgehead atoms. The SMILES string of the molecule is O=C(CCc1ccc(CN(Cc2ccc(F)cc2)S(=O)(=O)c2c(F)c(F)c(F)c(F)c2F)cc1)NO. The summed E-state index contributed by atoms with van der Waals surface area (Å²) in [6.07, 6.45) is 0.190. The molecular formula is C23H18F6N2O4S. The number of hydroxylamine groups is 1. The number of nitrogens with one attached hydrogen (secondary N) is 1. The number of hydrogen-bond acceptors (Lipinski definition) is 4. The maximum Gasteiger partial charge on any atom is 0.249 e. The smallest absolute Gasteiger partial charge is 0.249 e. The molecule has 0 aliphatic rings. The number of sulfonamides is 1. The van der Waals surface area contributed by atoms with E-state index in [2.05, 4.69) is 0 Å². The highest BCUT2D eigenvalue weighted by molar-refractivity contribution is 7.89. The van der Waals surface area contributed by atoms with Crippen LogP contribution in [-0.4, -0.2) is 23.8 Å². The molecule has 1 amide bonds. The normalized spacial score (nSPS) is 11.7. The van der Waals surface area contributed by atoms with Crippen molar-refractivity contribution in [3.63, 3.8) is 0 Å². The predicted molar refractivity (Wildman–Crippen MR) is 114 cm³/mol. The minimum absolute atomic E-state index is 0.0405. The zero-order chi connectivity index (χ0) is 26.6. The minimum Gasteiger partial charge on any atom is -0.289 e. The summed E-state index contributed by atoms with van der Waals surface area (Å²) in [5.41, 5.74) is 2.57. The van der Waals surface area contributed by atoms with Gasteiger partial charge in [0.05, 0.1) is 0 Å². The van der Waals surface area contributed by atoms with Crippen LogP contribution in [0.4, 0.5) is 26.3 Å². The van der Waals surface area contributed by atoms with E-state index in [1.807, 2.05) is 0 Å². The molecule has 36 heavy (non-hydrogen) atoms. The van der Waals surface area contributed by atoms with Gasteiger partial charge in [0.2, 0.25) is 21.7 Å². The van der Waals surface area contributed by atoms with E-state index in [0.29, 0.717) is 9.87 Å². The Morgan fingerprint density at radius 3 is 1.61 bits per heavy atom. The van der Waals surface area contributed by atoms with E-state index in [4.69, 9.17) is 5.21 Å². The van der Waals surface area contributed by atoms with Gasteiger partial charge in [-0.15, -0.1) is 0 Å². The number of carbonyl (C=O) groups is 1. The molecule has 0 aromatic heterocycles. The van der Waals surface area contributed by atoms with Crippen molar-refractivity contribution in [2.24, 2.45) is 0 Å². The third-order valence-electron chi connectivity index (χ3n) is 5.19. The van der Waals surface area contributed by atoms with Gasteiger partial charge in [-0.05, 0) is 35.2 Å². The molecule has 0 radical (unpaired) electrons. The maximum atomic E-state index is 14.4. The van der Waals surface area contributed by atoms with Crippen molar-refractivity contribution in [3.8, 4) is 0 Å². The van der Waals surface area contributed by atoms with Gasteiger partial charge in [0, 0.05) is 19.5 Å². The molecule has 0 unspecified atom stereocenters. The fraction of sp³-hybridized carbons (Fsp3) is 0.174. The summed E-state index contributed by atoms with van der Waals surface area (Å²) in [6, 6.07) is 10.4. The molecule has 3 aromatic rings. The summed E-state index contributed by atoms with van der Waals surface area (Å²) in [6.45, 7) is -1.13. The monoisotopic (exact) mass is 532 g/mol. The molecular weight excluding hydrogens is 514 g/mol. The van der Waals surface area contributed by atoms with E-state index in [1.165, 1.54) is 41.9 Å². The number of benzene rings is 3. The molecule has 13 heteroatoms. The van der Waals surface area contributed by atoms with E-state index in [1.54, 1.807) is 0 Å². The molecule has 0 saturated heterocycles. The van der Waals surface area contributed by atoms with E-state index < -0.39 is 68.8 Å². The highest BCUT2D eigenvalue weighted by Crippen LogP contribution is 2.30. The first-order chi connectivity index (χ1) is 16.9. The lowest BCUT2D eigenvalue weighted by atomic mass is 10.1. The second-order valence-electron chi connectivity index (χ2n) is 7.65. The van der Waals surface area contributed by atoms with E-state index in [9.17, 15) is 39.6 Å². The molecule has 2 N–H and O–H groups in total. The van der Waals surface area contributed by atoms with Crippen molar-refractivity contribution < 1.29 is 44.8 Å². The standard InChI is InChI=1S/C23H18F6N2O4S/c24-16-8-5-15(6-9-16)12-31(11-14-3-1-13(2-4-14)7-10-17(32)30-33)36(34,35)23-21(28)19(26)18(25)20(27)22(23)29/h1-6,8-9,33H,7,10-12H2,(H,30,32). The molecule has 3 rings (SSSR count). The predicted octanol–water partition coefficient (Wildman–Crippen LogP) is 4.35. The molecule has 0 saturated carbocycles. The van der Waals surface area contributed by atoms with Gasteiger partial charge in [-0.2, -0.15) is 4.31 Å². The fourth-order valence-corrected chi connectivity index (χ4v) is 4.82. The van der Waals surface area contributed by atoms with Crippen molar-refractivity contribution >= 4 is 15.9 Å². The summed E-state index contributed by atoms with van der Waals surface area (Å²) in [7, 11) is -5.30. The second kappa shape index (κ2) is 11.1. The van der Waals surface area contributed by atoms with Crippen LogP contribution in [0.1, 0.15) is 23.1 Å². The first kappa shape index (κ1) is 27.2. The Morgan fingerprint density at radius 2 is 1.14 bits per heavy atom. The highest BCUT2D eigenvalue weighted by atomic mass is 32.2. The van der Waals surface area contributed by atoms with Crippen molar-refractivity contribution in [3.05, 3.63) is 100 Å². The van der Waals surface area contributed by atoms with Crippen LogP contribution in [0, 0.1) is 34.9 Å². The molecule has 6 nitrogen and oxygen atoms in total. The van der Waals surface area contributed by atoms with Crippen molar-refractivity contribution in [2.45, 2.75) is 30.8 Å². The number of aryl methyl sites for hydroxylation is 1. The summed E-state index contributed by atoms with van der Waals surface area (Å²) in [5, 5.41) is 8.55. The number of halogens is 6. The Labute approximate surface area is 201 Å². The van der Waals surface area contributed by atoms with Gasteiger partial charge in [0.1, 0.15) is 5.82 Å². The first-order valence-electron chi connectivity index (χ1n) is 10.2. The van der Waals surface area contributed by atoms with Crippen molar-refractivity contribution in [1.82, 2.24) is 9.79 Å². The van der Waals surface area contributed by atoms with Gasteiger partial charge in [0.25, 0.3) is 0 Å². The first-order valence-corrected chi connectivity index (χ1v) is 11.7. The lowest BCUT2D eigenvalue weighted by Crippen LogP contribution is -2.32. The molecule has 3 aromatic carbocycles. The average molecular weight is 532 g/mol. The van der Waals surface area contributed by atoms with Gasteiger partial charge < -0.3 is 0 Å². The van der Waals surface area contributed by atoms with Gasteiger partial charge in [-0.1, -0.05) is 36.4 Å². The van der Waals surface area contributed by atoms with Crippen LogP contribution in [0.2, 0.25) is 0 Å². The van der Waals surface area contributed by atoms with E-state index >= 15 is 0 Å². The fourth-order valence-electron chi connectivity index (χ4n) is 3.29. The third kappa shape index (κ3) is 5.86. The van der Waals surface area contributed by atoms with Crippen LogP contribution < -0.4 is 5.48 Å². The molecule has 0 spiro atoms. The Bertz CT molecular complexity index is 1340. The molecule has 0 atom stereocenters. The van der Waals surface area contributed by atoms with E-state index in [-0.39, 0.29) is 24.0 Å². The molecule has 0 aliphatic heterocycles. The Balaban J connectivity index is 2.00. The Kier molecular flexibility index (Phi) is 8.38. The summed E-state index contributed by atoms with van der Waals surface area (Å²) in [5.74, 6) is -13.6. The second-order valence-corrected chi connectivity index (χ2v) is 9.52. The number of rotatable bonds is 9. The Hall–Kier alpha value is -3.42. The molecule has 192 valence electrons. The van der Waals surface area contributed by atoms with Crippen LogP contribution >= 0.6 is 0 Å².